The van der Waals surface area contributed by atoms with Crippen molar-refractivity contribution in [3.05, 3.63) is 27.3 Å². The van der Waals surface area contributed by atoms with Crippen LogP contribution in [0.4, 0.5) is 0 Å². The van der Waals surface area contributed by atoms with Gasteiger partial charge in [0.15, 0.2) is 9.90 Å². The summed E-state index contributed by atoms with van der Waals surface area (Å²) in [5, 5.41) is 2.62. The number of aromatic nitrogens is 2. The van der Waals surface area contributed by atoms with E-state index in [9.17, 15) is 13.2 Å². The molecule has 0 aromatic carbocycles. The molecule has 1 N–H and O–H groups in total. The second kappa shape index (κ2) is 5.95. The van der Waals surface area contributed by atoms with Crippen molar-refractivity contribution in [2.45, 2.75) is 17.7 Å². The number of methoxy groups -OCH3 is 1. The highest BCUT2D eigenvalue weighted by Gasteiger charge is 2.26. The highest BCUT2D eigenvalue weighted by molar-refractivity contribution is 7.91. The van der Waals surface area contributed by atoms with Gasteiger partial charge < -0.3 is 4.74 Å². The first-order chi connectivity index (χ1) is 9.44. The van der Waals surface area contributed by atoms with Crippen molar-refractivity contribution >= 4 is 38.7 Å². The first kappa shape index (κ1) is 15.0. The standard InChI is InChI=1S/C10H11N3O4S3/c1-6-13-7(4-18-6)3-12-20(15,16)10-8(9(14)17-2)11-5-19-10/h4-5,12H,3H2,1-2H3. The molecule has 0 bridgehead atoms. The molecule has 108 valence electrons. The Balaban J connectivity index is 2.18. The molecule has 0 saturated heterocycles. The number of rotatable bonds is 5. The Hall–Kier alpha value is -1.36. The molecule has 0 radical (unpaired) electrons. The van der Waals surface area contributed by atoms with E-state index in [0.717, 1.165) is 16.3 Å². The van der Waals surface area contributed by atoms with E-state index in [1.165, 1.54) is 24.0 Å². The Bertz CT molecular complexity index is 720. The van der Waals surface area contributed by atoms with Gasteiger partial charge in [-0.3, -0.25) is 0 Å². The third kappa shape index (κ3) is 3.20. The summed E-state index contributed by atoms with van der Waals surface area (Å²) < 4.78 is 31.0. The number of carbonyl (C=O) groups excluding carboxylic acids is 1. The molecule has 0 unspecified atom stereocenters. The molecule has 0 saturated carbocycles. The SMILES string of the molecule is COC(=O)c1ncsc1S(=O)(=O)NCc1csc(C)n1. The van der Waals surface area contributed by atoms with Crippen molar-refractivity contribution in [1.29, 1.82) is 0 Å². The summed E-state index contributed by atoms with van der Waals surface area (Å²) in [7, 11) is -2.65. The Labute approximate surface area is 123 Å². The molecule has 10 heteroatoms. The van der Waals surface area contributed by atoms with Crippen molar-refractivity contribution in [3.63, 3.8) is 0 Å². The monoisotopic (exact) mass is 333 g/mol. The van der Waals surface area contributed by atoms with Gasteiger partial charge in [0.2, 0.25) is 0 Å². The number of aryl methyl sites for hydroxylation is 1. The Morgan fingerprint density at radius 3 is 2.80 bits per heavy atom. The van der Waals surface area contributed by atoms with Gasteiger partial charge in [-0.05, 0) is 6.92 Å². The molecular weight excluding hydrogens is 322 g/mol. The molecular formula is C10H11N3O4S3. The van der Waals surface area contributed by atoms with E-state index < -0.39 is 16.0 Å². The van der Waals surface area contributed by atoms with Gasteiger partial charge in [-0.15, -0.1) is 22.7 Å². The second-order valence-corrected chi connectivity index (χ2v) is 7.54. The van der Waals surface area contributed by atoms with Crippen LogP contribution in [-0.2, 0) is 21.3 Å². The van der Waals surface area contributed by atoms with Crippen LogP contribution in [0.3, 0.4) is 0 Å². The Morgan fingerprint density at radius 1 is 1.45 bits per heavy atom. The fourth-order valence-corrected chi connectivity index (χ4v) is 4.17. The smallest absolute Gasteiger partial charge is 0.358 e. The van der Waals surface area contributed by atoms with Gasteiger partial charge in [0, 0.05) is 5.38 Å². The second-order valence-electron chi connectivity index (χ2n) is 3.66. The van der Waals surface area contributed by atoms with Crippen LogP contribution in [0.5, 0.6) is 0 Å². The number of carbonyl (C=O) groups is 1. The summed E-state index contributed by atoms with van der Waals surface area (Å²) in [6.07, 6.45) is 0. The lowest BCUT2D eigenvalue weighted by Gasteiger charge is -2.04. The number of hydrogen-bond acceptors (Lipinski definition) is 8. The molecule has 0 amide bonds. The number of nitrogens with zero attached hydrogens (tertiary/aromatic N) is 2. The number of hydrogen-bond donors (Lipinski definition) is 1. The summed E-state index contributed by atoms with van der Waals surface area (Å²) in [4.78, 5) is 19.3. The number of nitrogens with one attached hydrogen (secondary N) is 1. The lowest BCUT2D eigenvalue weighted by molar-refractivity contribution is 0.0590. The van der Waals surface area contributed by atoms with Gasteiger partial charge in [-0.1, -0.05) is 0 Å². The number of thiazole rings is 2. The van der Waals surface area contributed by atoms with Crippen molar-refractivity contribution in [3.8, 4) is 0 Å². The van der Waals surface area contributed by atoms with Gasteiger partial charge in [0.25, 0.3) is 10.0 Å². The molecule has 7 nitrogen and oxygen atoms in total. The largest absolute Gasteiger partial charge is 0.464 e. The van der Waals surface area contributed by atoms with Gasteiger partial charge >= 0.3 is 5.97 Å². The van der Waals surface area contributed by atoms with Gasteiger partial charge in [0.1, 0.15) is 0 Å². The van der Waals surface area contributed by atoms with Crippen LogP contribution in [0, 0.1) is 6.92 Å². The molecule has 0 aliphatic heterocycles. The molecule has 2 rings (SSSR count). The molecule has 2 aromatic heterocycles. The minimum absolute atomic E-state index is 0.0607. The first-order valence-electron chi connectivity index (χ1n) is 5.36. The zero-order chi connectivity index (χ0) is 14.8. The quantitative estimate of drug-likeness (QED) is 0.825. The minimum Gasteiger partial charge on any atom is -0.464 e. The first-order valence-corrected chi connectivity index (χ1v) is 8.61. The van der Waals surface area contributed by atoms with Crippen LogP contribution < -0.4 is 4.72 Å². The molecule has 0 aliphatic rings. The van der Waals surface area contributed by atoms with Crippen LogP contribution in [0.1, 0.15) is 21.2 Å². The highest BCUT2D eigenvalue weighted by atomic mass is 32.2. The molecule has 0 spiro atoms. The molecule has 0 aliphatic carbocycles. The third-order valence-electron chi connectivity index (χ3n) is 2.27. The highest BCUT2D eigenvalue weighted by Crippen LogP contribution is 2.21. The zero-order valence-corrected chi connectivity index (χ0v) is 13.1. The average Bonchev–Trinajstić information content (AvgIpc) is 3.04. The van der Waals surface area contributed by atoms with Crippen molar-refractivity contribution in [2.75, 3.05) is 7.11 Å². The normalized spacial score (nSPS) is 11.5. The number of sulfonamides is 1. The minimum atomic E-state index is -3.82. The maximum Gasteiger partial charge on any atom is 0.358 e. The van der Waals surface area contributed by atoms with E-state index in [0.29, 0.717) is 5.69 Å². The Kier molecular flexibility index (Phi) is 4.48. The molecule has 2 heterocycles. The van der Waals surface area contributed by atoms with Crippen molar-refractivity contribution < 1.29 is 17.9 Å². The van der Waals surface area contributed by atoms with Crippen molar-refractivity contribution in [1.82, 2.24) is 14.7 Å². The van der Waals surface area contributed by atoms with Crippen LogP contribution in [-0.4, -0.2) is 31.5 Å². The topological polar surface area (TPSA) is 98.2 Å². The lowest BCUT2D eigenvalue weighted by atomic mass is 10.5. The maximum atomic E-state index is 12.1. The average molecular weight is 333 g/mol. The number of ether oxygens (including phenoxy) is 1. The fourth-order valence-electron chi connectivity index (χ4n) is 1.38. The van der Waals surface area contributed by atoms with Crippen LogP contribution in [0.25, 0.3) is 0 Å². The summed E-state index contributed by atoms with van der Waals surface area (Å²) in [5.74, 6) is -0.781. The zero-order valence-electron chi connectivity index (χ0n) is 10.6. The molecule has 0 atom stereocenters. The van der Waals surface area contributed by atoms with E-state index in [1.807, 2.05) is 6.92 Å². The lowest BCUT2D eigenvalue weighted by Crippen LogP contribution is -2.24. The van der Waals surface area contributed by atoms with E-state index in [2.05, 4.69) is 19.4 Å². The van der Waals surface area contributed by atoms with E-state index in [1.54, 1.807) is 5.38 Å². The van der Waals surface area contributed by atoms with E-state index in [-0.39, 0.29) is 16.4 Å². The van der Waals surface area contributed by atoms with Gasteiger partial charge in [-0.25, -0.2) is 27.9 Å². The number of esters is 1. The van der Waals surface area contributed by atoms with Crippen molar-refractivity contribution in [2.24, 2.45) is 0 Å². The van der Waals surface area contributed by atoms with E-state index in [4.69, 9.17) is 0 Å². The maximum absolute atomic E-state index is 12.1. The summed E-state index contributed by atoms with van der Waals surface area (Å²) in [6, 6.07) is 0. The Morgan fingerprint density at radius 2 is 2.20 bits per heavy atom. The predicted molar refractivity (Wildman–Crippen MR) is 74.3 cm³/mol. The summed E-state index contributed by atoms with van der Waals surface area (Å²) >= 11 is 2.29. The summed E-state index contributed by atoms with van der Waals surface area (Å²) in [6.45, 7) is 1.90. The molecule has 0 fully saturated rings. The molecule has 20 heavy (non-hydrogen) atoms. The van der Waals surface area contributed by atoms with E-state index >= 15 is 0 Å². The summed E-state index contributed by atoms with van der Waals surface area (Å²) in [5.41, 5.74) is 1.70. The van der Waals surface area contributed by atoms with Gasteiger partial charge in [0.05, 0.1) is 29.9 Å². The van der Waals surface area contributed by atoms with Crippen LogP contribution in [0.15, 0.2) is 15.1 Å². The third-order valence-corrected chi connectivity index (χ3v) is 5.86. The fraction of sp³-hybridized carbons (Fsp3) is 0.300. The predicted octanol–water partition coefficient (Wildman–Crippen LogP) is 1.17. The van der Waals surface area contributed by atoms with Gasteiger partial charge in [-0.2, -0.15) is 0 Å². The van der Waals surface area contributed by atoms with Crippen LogP contribution in [0.2, 0.25) is 0 Å². The molecule has 2 aromatic rings. The van der Waals surface area contributed by atoms with Crippen LogP contribution >= 0.6 is 22.7 Å².